The van der Waals surface area contributed by atoms with E-state index in [1.54, 1.807) is 0 Å². The van der Waals surface area contributed by atoms with E-state index in [0.717, 1.165) is 0 Å². The van der Waals surface area contributed by atoms with Crippen LogP contribution < -0.4 is 5.32 Å². The minimum Gasteiger partial charge on any atom is -0.396 e. The minimum absolute atomic E-state index is 0.0541. The second-order valence-electron chi connectivity index (χ2n) is 5.21. The molecule has 0 aliphatic heterocycles. The zero-order valence-corrected chi connectivity index (χ0v) is 11.3. The summed E-state index contributed by atoms with van der Waals surface area (Å²) in [7, 11) is 1.48. The van der Waals surface area contributed by atoms with E-state index in [9.17, 15) is 14.9 Å². The predicted octanol–water partition coefficient (Wildman–Crippen LogP) is 1.07. The number of hydrogen-bond acceptors (Lipinski definition) is 4. The molecule has 106 valence electrons. The van der Waals surface area contributed by atoms with Crippen LogP contribution in [0.4, 0.5) is 5.82 Å². The van der Waals surface area contributed by atoms with E-state index in [0.29, 0.717) is 13.0 Å². The van der Waals surface area contributed by atoms with Crippen LogP contribution in [-0.4, -0.2) is 33.7 Å². The maximum absolute atomic E-state index is 11.9. The summed E-state index contributed by atoms with van der Waals surface area (Å²) in [5.41, 5.74) is 0.0214. The van der Waals surface area contributed by atoms with Crippen LogP contribution in [0.15, 0.2) is 12.1 Å². The molecule has 0 spiro atoms. The van der Waals surface area contributed by atoms with Crippen LogP contribution in [0.1, 0.15) is 30.8 Å². The number of aromatic nitrogens is 1. The second kappa shape index (κ2) is 5.83. The average Bonchev–Trinajstić information content (AvgIpc) is 2.68. The lowest BCUT2D eigenvalue weighted by Gasteiger charge is -2.23. The third-order valence-corrected chi connectivity index (χ3v) is 3.03. The number of aliphatic hydroxyl groups excluding tert-OH is 1. The molecule has 19 heavy (non-hydrogen) atoms. The van der Waals surface area contributed by atoms with Crippen LogP contribution in [0.2, 0.25) is 0 Å². The van der Waals surface area contributed by atoms with Gasteiger partial charge in [-0.2, -0.15) is 0 Å². The first-order valence-corrected chi connectivity index (χ1v) is 5.97. The number of aliphatic hydroxyl groups is 1. The number of nitro groups is 1. The quantitative estimate of drug-likeness (QED) is 0.596. The number of carbonyl (C=O) groups excluding carboxylic acids is 1. The molecule has 0 aliphatic carbocycles. The van der Waals surface area contributed by atoms with Crippen LogP contribution in [0.5, 0.6) is 0 Å². The summed E-state index contributed by atoms with van der Waals surface area (Å²) in [6.07, 6.45) is 0.570. The van der Waals surface area contributed by atoms with Crippen molar-refractivity contribution in [3.63, 3.8) is 0 Å². The van der Waals surface area contributed by atoms with E-state index in [1.165, 1.54) is 23.7 Å². The Morgan fingerprint density at radius 1 is 1.53 bits per heavy atom. The van der Waals surface area contributed by atoms with Gasteiger partial charge in [-0.15, -0.1) is 0 Å². The molecule has 7 nitrogen and oxygen atoms in total. The van der Waals surface area contributed by atoms with Gasteiger partial charge < -0.3 is 20.5 Å². The first-order valence-electron chi connectivity index (χ1n) is 5.97. The standard InChI is InChI=1S/C12H19N3O4/c1-12(2,6-7-16)8-13-11(17)9-4-5-10(14(9)3)15(18)19/h4-5,16H,6-8H2,1-3H3,(H,13,17). The first-order chi connectivity index (χ1) is 8.78. The van der Waals surface area contributed by atoms with Crippen molar-refractivity contribution < 1.29 is 14.8 Å². The van der Waals surface area contributed by atoms with Crippen molar-refractivity contribution in [2.75, 3.05) is 13.2 Å². The number of hydrogen-bond donors (Lipinski definition) is 2. The minimum atomic E-state index is -0.535. The number of rotatable bonds is 6. The van der Waals surface area contributed by atoms with Gasteiger partial charge in [0.15, 0.2) is 5.69 Å². The molecule has 0 aromatic carbocycles. The van der Waals surface area contributed by atoms with Crippen molar-refractivity contribution in [1.29, 1.82) is 0 Å². The molecular formula is C12H19N3O4. The molecule has 1 amide bonds. The van der Waals surface area contributed by atoms with Gasteiger partial charge in [0, 0.05) is 19.2 Å². The van der Waals surface area contributed by atoms with Crippen molar-refractivity contribution in [2.45, 2.75) is 20.3 Å². The Hall–Kier alpha value is -1.89. The van der Waals surface area contributed by atoms with Crippen LogP contribution in [0.25, 0.3) is 0 Å². The van der Waals surface area contributed by atoms with Crippen LogP contribution >= 0.6 is 0 Å². The number of carbonyl (C=O) groups is 1. The van der Waals surface area contributed by atoms with E-state index >= 15 is 0 Å². The molecule has 0 bridgehead atoms. The van der Waals surface area contributed by atoms with Crippen molar-refractivity contribution in [3.05, 3.63) is 27.9 Å². The molecule has 0 saturated heterocycles. The second-order valence-corrected chi connectivity index (χ2v) is 5.21. The van der Waals surface area contributed by atoms with Crippen LogP contribution in [0.3, 0.4) is 0 Å². The molecular weight excluding hydrogens is 250 g/mol. The first kappa shape index (κ1) is 15.2. The van der Waals surface area contributed by atoms with Crippen LogP contribution in [0, 0.1) is 15.5 Å². The molecule has 0 atom stereocenters. The van der Waals surface area contributed by atoms with E-state index < -0.39 is 4.92 Å². The Kier molecular flexibility index (Phi) is 4.66. The summed E-state index contributed by atoms with van der Waals surface area (Å²) in [6, 6.07) is 2.72. The monoisotopic (exact) mass is 269 g/mol. The number of nitrogens with zero attached hydrogens (tertiary/aromatic N) is 2. The van der Waals surface area contributed by atoms with Gasteiger partial charge in [-0.05, 0) is 22.8 Å². The summed E-state index contributed by atoms with van der Waals surface area (Å²) in [6.45, 7) is 4.30. The van der Waals surface area contributed by atoms with Crippen molar-refractivity contribution in [1.82, 2.24) is 9.88 Å². The van der Waals surface area contributed by atoms with Gasteiger partial charge in [0.1, 0.15) is 0 Å². The molecule has 0 fully saturated rings. The average molecular weight is 269 g/mol. The normalized spacial score (nSPS) is 11.4. The number of amides is 1. The molecule has 0 radical (unpaired) electrons. The molecule has 1 rings (SSSR count). The fraction of sp³-hybridized carbons (Fsp3) is 0.583. The highest BCUT2D eigenvalue weighted by atomic mass is 16.6. The lowest BCUT2D eigenvalue weighted by molar-refractivity contribution is -0.391. The van der Waals surface area contributed by atoms with E-state index in [2.05, 4.69) is 5.32 Å². The molecule has 7 heteroatoms. The topological polar surface area (TPSA) is 97.4 Å². The van der Waals surface area contributed by atoms with Gasteiger partial charge in [0.2, 0.25) is 0 Å². The highest BCUT2D eigenvalue weighted by Crippen LogP contribution is 2.19. The maximum Gasteiger partial charge on any atom is 0.323 e. The highest BCUT2D eigenvalue weighted by molar-refractivity contribution is 5.93. The largest absolute Gasteiger partial charge is 0.396 e. The molecule has 0 unspecified atom stereocenters. The molecule has 0 saturated carbocycles. The molecule has 1 heterocycles. The van der Waals surface area contributed by atoms with Crippen molar-refractivity contribution in [2.24, 2.45) is 12.5 Å². The Labute approximate surface area is 111 Å². The van der Waals surface area contributed by atoms with Crippen molar-refractivity contribution in [3.8, 4) is 0 Å². The summed E-state index contributed by atoms with van der Waals surface area (Å²) in [4.78, 5) is 22.1. The van der Waals surface area contributed by atoms with E-state index in [1.807, 2.05) is 13.8 Å². The third kappa shape index (κ3) is 3.78. The van der Waals surface area contributed by atoms with Gasteiger partial charge in [-0.1, -0.05) is 13.8 Å². The van der Waals surface area contributed by atoms with Gasteiger partial charge in [0.05, 0.1) is 7.05 Å². The lowest BCUT2D eigenvalue weighted by Crippen LogP contribution is -2.35. The molecule has 1 aromatic heterocycles. The summed E-state index contributed by atoms with van der Waals surface area (Å²) in [5, 5.41) is 22.3. The van der Waals surface area contributed by atoms with E-state index in [4.69, 9.17) is 5.11 Å². The zero-order chi connectivity index (χ0) is 14.6. The fourth-order valence-electron chi connectivity index (χ4n) is 1.71. The number of nitrogens with one attached hydrogen (secondary N) is 1. The van der Waals surface area contributed by atoms with Crippen molar-refractivity contribution >= 4 is 11.7 Å². The van der Waals surface area contributed by atoms with Gasteiger partial charge in [-0.3, -0.25) is 4.79 Å². The van der Waals surface area contributed by atoms with Crippen LogP contribution in [-0.2, 0) is 7.05 Å². The summed E-state index contributed by atoms with van der Waals surface area (Å²) in [5.74, 6) is -0.485. The Morgan fingerprint density at radius 2 is 2.16 bits per heavy atom. The SMILES string of the molecule is Cn1c(C(=O)NCC(C)(C)CCO)ccc1[N+](=O)[O-]. The smallest absolute Gasteiger partial charge is 0.323 e. The van der Waals surface area contributed by atoms with E-state index in [-0.39, 0.29) is 29.4 Å². The molecule has 2 N–H and O–H groups in total. The van der Waals surface area contributed by atoms with Gasteiger partial charge >= 0.3 is 5.82 Å². The molecule has 1 aromatic rings. The fourth-order valence-corrected chi connectivity index (χ4v) is 1.71. The summed E-state index contributed by atoms with van der Waals surface area (Å²) < 4.78 is 1.24. The lowest BCUT2D eigenvalue weighted by atomic mass is 9.90. The summed E-state index contributed by atoms with van der Waals surface area (Å²) >= 11 is 0. The third-order valence-electron chi connectivity index (χ3n) is 3.03. The predicted molar refractivity (Wildman–Crippen MR) is 69.9 cm³/mol. The zero-order valence-electron chi connectivity index (χ0n) is 11.3. The Morgan fingerprint density at radius 3 is 2.63 bits per heavy atom. The Balaban J connectivity index is 2.72. The van der Waals surface area contributed by atoms with Gasteiger partial charge in [0.25, 0.3) is 5.91 Å². The molecule has 0 aliphatic rings. The maximum atomic E-state index is 11.9. The highest BCUT2D eigenvalue weighted by Gasteiger charge is 2.23. The van der Waals surface area contributed by atoms with Gasteiger partial charge in [-0.25, -0.2) is 4.57 Å². The Bertz CT molecular complexity index is 479.